The van der Waals surface area contributed by atoms with Crippen LogP contribution in [0.15, 0.2) is 54.6 Å². The molecule has 0 aliphatic rings. The van der Waals surface area contributed by atoms with Crippen LogP contribution in [0.5, 0.6) is 0 Å². The molecule has 0 aromatic heterocycles. The van der Waals surface area contributed by atoms with Crippen LogP contribution in [0.1, 0.15) is 35.3 Å². The molecule has 0 bridgehead atoms. The van der Waals surface area contributed by atoms with Crippen molar-refractivity contribution in [2.45, 2.75) is 20.0 Å². The highest BCUT2D eigenvalue weighted by molar-refractivity contribution is 5.89. The topological polar surface area (TPSA) is 26.3 Å². The van der Waals surface area contributed by atoms with Crippen LogP contribution in [-0.4, -0.2) is 12.1 Å². The molecule has 2 rings (SSSR count). The molecule has 0 aliphatic heterocycles. The molecule has 0 aliphatic carbocycles. The van der Waals surface area contributed by atoms with Gasteiger partial charge in [-0.15, -0.1) is 0 Å². The molecule has 2 heteroatoms. The van der Waals surface area contributed by atoms with Gasteiger partial charge in [0.2, 0.25) is 0 Å². The fourth-order valence-corrected chi connectivity index (χ4v) is 1.70. The highest BCUT2D eigenvalue weighted by Crippen LogP contribution is 2.06. The predicted octanol–water partition coefficient (Wildman–Crippen LogP) is 3.66. The van der Waals surface area contributed by atoms with Crippen LogP contribution >= 0.6 is 0 Å². The van der Waals surface area contributed by atoms with Crippen molar-refractivity contribution in [3.63, 3.8) is 0 Å². The first-order valence-corrected chi connectivity index (χ1v) is 7.03. The molecule has 2 nitrogen and oxygen atoms in total. The average molecular weight is 288 g/mol. The Kier molecular flexibility index (Phi) is 5.41. The number of hydrogen-bond donors (Lipinski definition) is 0. The highest BCUT2D eigenvalue weighted by atomic mass is 16.5. The van der Waals surface area contributed by atoms with Crippen molar-refractivity contribution < 1.29 is 9.53 Å². The molecular formula is C20H16O2. The van der Waals surface area contributed by atoms with Crippen molar-refractivity contribution in [2.24, 2.45) is 0 Å². The van der Waals surface area contributed by atoms with Crippen LogP contribution in [0.4, 0.5) is 0 Å². The third-order valence-corrected chi connectivity index (χ3v) is 2.71. The number of hydrogen-bond acceptors (Lipinski definition) is 2. The molecule has 0 saturated heterocycles. The lowest BCUT2D eigenvalue weighted by atomic mass is 10.1. The van der Waals surface area contributed by atoms with Gasteiger partial charge in [-0.2, -0.15) is 0 Å². The molecule has 0 unspecified atom stereocenters. The zero-order valence-corrected chi connectivity index (χ0v) is 12.6. The van der Waals surface area contributed by atoms with Crippen molar-refractivity contribution in [2.75, 3.05) is 0 Å². The fraction of sp³-hybridized carbons (Fsp3) is 0.150. The molecule has 0 saturated carbocycles. The summed E-state index contributed by atoms with van der Waals surface area (Å²) < 4.78 is 5.13. The minimum atomic E-state index is -0.321. The standard InChI is InChI=1S/C20H16O2/c1-16(2)22-20(21)19-14-12-18(13-15-19)11-7-6-10-17-8-4-3-5-9-17/h3-5,8-9,12-16H,1-2H3. The molecule has 108 valence electrons. The highest BCUT2D eigenvalue weighted by Gasteiger charge is 2.07. The van der Waals surface area contributed by atoms with Gasteiger partial charge in [-0.1, -0.05) is 30.0 Å². The molecule has 0 spiro atoms. The molecule has 22 heavy (non-hydrogen) atoms. The quantitative estimate of drug-likeness (QED) is 0.623. The number of esters is 1. The van der Waals surface area contributed by atoms with E-state index in [1.165, 1.54) is 0 Å². The maximum Gasteiger partial charge on any atom is 0.338 e. The summed E-state index contributed by atoms with van der Waals surface area (Å²) in [5, 5.41) is 0. The average Bonchev–Trinajstić information content (AvgIpc) is 2.52. The molecule has 0 atom stereocenters. The second-order valence-electron chi connectivity index (χ2n) is 4.90. The number of benzene rings is 2. The van der Waals surface area contributed by atoms with Gasteiger partial charge in [0, 0.05) is 11.1 Å². The van der Waals surface area contributed by atoms with E-state index in [-0.39, 0.29) is 12.1 Å². The zero-order valence-electron chi connectivity index (χ0n) is 12.6. The van der Waals surface area contributed by atoms with Crippen LogP contribution < -0.4 is 0 Å². The SMILES string of the molecule is CC(C)OC(=O)c1ccc(C#CC#Cc2ccccc2)cc1. The van der Waals surface area contributed by atoms with Crippen LogP contribution in [-0.2, 0) is 4.74 Å². The van der Waals surface area contributed by atoms with Gasteiger partial charge in [-0.25, -0.2) is 4.79 Å². The predicted molar refractivity (Wildman–Crippen MR) is 87.2 cm³/mol. The third kappa shape index (κ3) is 4.85. The molecule has 0 heterocycles. The van der Waals surface area contributed by atoms with Crippen LogP contribution in [0.25, 0.3) is 0 Å². The summed E-state index contributed by atoms with van der Waals surface area (Å²) in [4.78, 5) is 11.7. The van der Waals surface area contributed by atoms with Gasteiger partial charge in [0.25, 0.3) is 0 Å². The Morgan fingerprint density at radius 1 is 0.864 bits per heavy atom. The van der Waals surface area contributed by atoms with E-state index >= 15 is 0 Å². The molecule has 0 amide bonds. The Hall–Kier alpha value is -2.97. The van der Waals surface area contributed by atoms with E-state index in [0.29, 0.717) is 5.56 Å². The Morgan fingerprint density at radius 2 is 1.41 bits per heavy atom. The molecule has 0 fully saturated rings. The Bertz CT molecular complexity index is 749. The van der Waals surface area contributed by atoms with Gasteiger partial charge in [-0.05, 0) is 62.1 Å². The maximum absolute atomic E-state index is 11.7. The summed E-state index contributed by atoms with van der Waals surface area (Å²) >= 11 is 0. The number of ether oxygens (including phenoxy) is 1. The molecule has 0 radical (unpaired) electrons. The van der Waals surface area contributed by atoms with E-state index in [2.05, 4.69) is 23.7 Å². The number of carbonyl (C=O) groups is 1. The number of carbonyl (C=O) groups excluding carboxylic acids is 1. The minimum absolute atomic E-state index is 0.125. The van der Waals surface area contributed by atoms with E-state index in [1.54, 1.807) is 24.3 Å². The Morgan fingerprint density at radius 3 is 1.95 bits per heavy atom. The summed E-state index contributed by atoms with van der Waals surface area (Å²) in [6.45, 7) is 3.65. The van der Waals surface area contributed by atoms with Crippen molar-refractivity contribution in [1.82, 2.24) is 0 Å². The summed E-state index contributed by atoms with van der Waals surface area (Å²) in [7, 11) is 0. The first-order chi connectivity index (χ1) is 10.6. The van der Waals surface area contributed by atoms with Crippen molar-refractivity contribution in [1.29, 1.82) is 0 Å². The summed E-state index contributed by atoms with van der Waals surface area (Å²) in [5.41, 5.74) is 2.27. The summed E-state index contributed by atoms with van der Waals surface area (Å²) in [5.74, 6) is 11.2. The smallest absolute Gasteiger partial charge is 0.338 e. The maximum atomic E-state index is 11.7. The minimum Gasteiger partial charge on any atom is -0.459 e. The van der Waals surface area contributed by atoms with Crippen molar-refractivity contribution in [3.8, 4) is 23.7 Å². The van der Waals surface area contributed by atoms with Gasteiger partial charge < -0.3 is 4.74 Å². The van der Waals surface area contributed by atoms with E-state index in [9.17, 15) is 4.79 Å². The van der Waals surface area contributed by atoms with Crippen LogP contribution in [0.3, 0.4) is 0 Å². The van der Waals surface area contributed by atoms with E-state index in [4.69, 9.17) is 4.74 Å². The molecule has 2 aromatic carbocycles. The second-order valence-corrected chi connectivity index (χ2v) is 4.90. The summed E-state index contributed by atoms with van der Waals surface area (Å²) in [6.07, 6.45) is -0.125. The van der Waals surface area contributed by atoms with Gasteiger partial charge in [0.05, 0.1) is 11.7 Å². The van der Waals surface area contributed by atoms with Crippen molar-refractivity contribution >= 4 is 5.97 Å². The zero-order chi connectivity index (χ0) is 15.8. The first kappa shape index (κ1) is 15.4. The Balaban J connectivity index is 2.02. The van der Waals surface area contributed by atoms with E-state index < -0.39 is 0 Å². The summed E-state index contributed by atoms with van der Waals surface area (Å²) in [6, 6.07) is 16.7. The normalized spacial score (nSPS) is 9.23. The molecule has 2 aromatic rings. The van der Waals surface area contributed by atoms with Gasteiger partial charge >= 0.3 is 5.97 Å². The largest absolute Gasteiger partial charge is 0.459 e. The van der Waals surface area contributed by atoms with Crippen molar-refractivity contribution in [3.05, 3.63) is 71.3 Å². The van der Waals surface area contributed by atoms with Gasteiger partial charge in [0.15, 0.2) is 0 Å². The lowest BCUT2D eigenvalue weighted by Gasteiger charge is -2.07. The number of rotatable bonds is 2. The lowest BCUT2D eigenvalue weighted by molar-refractivity contribution is 0.0378. The fourth-order valence-electron chi connectivity index (χ4n) is 1.70. The van der Waals surface area contributed by atoms with Crippen LogP contribution in [0, 0.1) is 23.7 Å². The molecular weight excluding hydrogens is 272 g/mol. The first-order valence-electron chi connectivity index (χ1n) is 7.03. The van der Waals surface area contributed by atoms with Gasteiger partial charge in [-0.3, -0.25) is 0 Å². The Labute approximate surface area is 131 Å². The van der Waals surface area contributed by atoms with Gasteiger partial charge in [0.1, 0.15) is 0 Å². The monoisotopic (exact) mass is 288 g/mol. The van der Waals surface area contributed by atoms with Crippen LogP contribution in [0.2, 0.25) is 0 Å². The van der Waals surface area contributed by atoms with E-state index in [0.717, 1.165) is 11.1 Å². The van der Waals surface area contributed by atoms with E-state index in [1.807, 2.05) is 44.2 Å². The third-order valence-electron chi connectivity index (χ3n) is 2.71. The molecule has 0 N–H and O–H groups in total. The second kappa shape index (κ2) is 7.72. The lowest BCUT2D eigenvalue weighted by Crippen LogP contribution is -2.11.